The van der Waals surface area contributed by atoms with Crippen molar-refractivity contribution in [3.8, 4) is 0 Å². The Labute approximate surface area is 394 Å². The van der Waals surface area contributed by atoms with Crippen LogP contribution >= 0.6 is 35.8 Å². The molecule has 0 radical (unpaired) electrons. The Balaban J connectivity index is 1.14. The third-order valence-corrected chi connectivity index (χ3v) is 14.2. The lowest BCUT2D eigenvalue weighted by atomic mass is 9.85. The van der Waals surface area contributed by atoms with Crippen LogP contribution < -0.4 is 39.5 Å². The summed E-state index contributed by atoms with van der Waals surface area (Å²) >= 11 is 13.0. The Hall–Kier alpha value is -7.14. The number of fused-ring (bicyclic) bond motifs is 1. The first-order valence-corrected chi connectivity index (χ1v) is 23.4. The van der Waals surface area contributed by atoms with E-state index in [1.165, 1.54) is 24.3 Å². The fourth-order valence-electron chi connectivity index (χ4n) is 9.39. The summed E-state index contributed by atoms with van der Waals surface area (Å²) in [5, 5.41) is 8.84. The maximum absolute atomic E-state index is 15.1. The van der Waals surface area contributed by atoms with Crippen LogP contribution in [0, 0.1) is 11.8 Å². The van der Waals surface area contributed by atoms with Crippen molar-refractivity contribution in [1.82, 2.24) is 9.69 Å². The second-order valence-corrected chi connectivity index (χ2v) is 18.2. The number of carbonyl (C=O) groups is 4. The molecule has 4 heterocycles. The van der Waals surface area contributed by atoms with E-state index in [1.807, 2.05) is 59.6 Å². The number of rotatable bonds is 9. The summed E-state index contributed by atoms with van der Waals surface area (Å²) in [6, 6.07) is 45.3. The number of nitrogens with zero attached hydrogens (tertiary/aromatic N) is 8. The van der Waals surface area contributed by atoms with Crippen molar-refractivity contribution in [3.63, 3.8) is 0 Å². The van der Waals surface area contributed by atoms with Gasteiger partial charge in [0.05, 0.1) is 40.4 Å². The number of aromatic nitrogens is 1. The maximum Gasteiger partial charge on any atom is 0.289 e. The van der Waals surface area contributed by atoms with E-state index in [1.54, 1.807) is 108 Å². The Kier molecular flexibility index (Phi) is 11.5. The normalized spacial score (nSPS) is 18.4. The lowest BCUT2D eigenvalue weighted by molar-refractivity contribution is -0.134. The van der Waals surface area contributed by atoms with Crippen molar-refractivity contribution in [3.05, 3.63) is 177 Å². The van der Waals surface area contributed by atoms with Gasteiger partial charge in [-0.25, -0.2) is 0 Å². The van der Waals surface area contributed by atoms with Gasteiger partial charge in [0.15, 0.2) is 10.2 Å². The molecule has 330 valence electrons. The second-order valence-electron chi connectivity index (χ2n) is 16.4. The molecule has 16 heteroatoms. The van der Waals surface area contributed by atoms with Crippen LogP contribution in [0.1, 0.15) is 37.7 Å². The van der Waals surface area contributed by atoms with Gasteiger partial charge in [-0.2, -0.15) is 4.68 Å². The zero-order valence-electron chi connectivity index (χ0n) is 35.5. The molecular formula is C50H42N8O5S3. The Morgan fingerprint density at radius 3 is 1.32 bits per heavy atom. The van der Waals surface area contributed by atoms with E-state index >= 15 is 9.59 Å². The summed E-state index contributed by atoms with van der Waals surface area (Å²) in [6.07, 6.45) is 4.94. The molecule has 10 rings (SSSR count). The molecule has 3 fully saturated rings. The Bertz CT molecular complexity index is 2930. The summed E-state index contributed by atoms with van der Waals surface area (Å²) in [4.78, 5) is 81.0. The van der Waals surface area contributed by atoms with Crippen LogP contribution in [0.15, 0.2) is 162 Å². The first-order chi connectivity index (χ1) is 32.2. The number of benzene rings is 5. The quantitative estimate of drug-likeness (QED) is 0.124. The standard InChI is InChI=1S/C50H42N8O5S3/c59-42-39(43(60)55(36-23-11-3-12-24-36)48(64)54(42)35-21-9-2-10-22-35)32-52-50(29-17-6-18-30-50)53(58-46(63)41(66-47(58)51-52)31-34-19-7-1-8-20-34)33-40-44(61)56(37-25-13-4-14-26-37)49(65)57(45(40)62)38-27-15-5-16-28-38/h1-5,7-16,19-28,31,39-40H,6,17-18,29-30,32-33H2/b41-31+. The van der Waals surface area contributed by atoms with E-state index in [4.69, 9.17) is 29.5 Å². The minimum atomic E-state index is -1.37. The average molecular weight is 931 g/mol. The minimum absolute atomic E-state index is 0.00705. The molecule has 1 saturated carbocycles. The van der Waals surface area contributed by atoms with Crippen molar-refractivity contribution in [1.29, 1.82) is 0 Å². The monoisotopic (exact) mass is 930 g/mol. The fraction of sp³-hybridized carbons (Fsp3) is 0.200. The number of amides is 4. The van der Waals surface area contributed by atoms with Crippen LogP contribution in [-0.4, -0.2) is 62.3 Å². The van der Waals surface area contributed by atoms with Gasteiger partial charge in [0, 0.05) is 0 Å². The van der Waals surface area contributed by atoms with Gasteiger partial charge >= 0.3 is 0 Å². The first-order valence-electron chi connectivity index (χ1n) is 21.7. The van der Waals surface area contributed by atoms with E-state index in [-0.39, 0.29) is 33.7 Å². The van der Waals surface area contributed by atoms with Gasteiger partial charge in [-0.05, 0) is 110 Å². The molecule has 13 nitrogen and oxygen atoms in total. The third kappa shape index (κ3) is 7.40. The zero-order valence-corrected chi connectivity index (χ0v) is 37.9. The molecule has 4 amide bonds. The predicted octanol–water partition coefficient (Wildman–Crippen LogP) is 6.15. The molecule has 0 atom stereocenters. The van der Waals surface area contributed by atoms with E-state index in [2.05, 4.69) is 0 Å². The Morgan fingerprint density at radius 2 is 0.909 bits per heavy atom. The lowest BCUT2D eigenvalue weighted by Crippen LogP contribution is -2.74. The smallest absolute Gasteiger partial charge is 0.279 e. The van der Waals surface area contributed by atoms with Gasteiger partial charge in [0.2, 0.25) is 28.4 Å². The number of thiazole rings is 1. The van der Waals surface area contributed by atoms with Gasteiger partial charge in [0.25, 0.3) is 5.56 Å². The Morgan fingerprint density at radius 1 is 0.530 bits per heavy atom. The van der Waals surface area contributed by atoms with Crippen LogP contribution in [0.5, 0.6) is 0 Å². The van der Waals surface area contributed by atoms with Crippen molar-refractivity contribution < 1.29 is 19.2 Å². The van der Waals surface area contributed by atoms with Gasteiger partial charge in [-0.3, -0.25) is 53.6 Å². The van der Waals surface area contributed by atoms with E-state index in [9.17, 15) is 14.4 Å². The molecule has 0 N–H and O–H groups in total. The molecule has 0 bridgehead atoms. The zero-order chi connectivity index (χ0) is 45.5. The average Bonchev–Trinajstić information content (AvgIpc) is 3.65. The lowest BCUT2D eigenvalue weighted by Gasteiger charge is -2.55. The molecule has 0 unspecified atom stereocenters. The largest absolute Gasteiger partial charge is 0.289 e. The molecule has 6 aromatic rings. The molecule has 4 aliphatic rings. The van der Waals surface area contributed by atoms with Crippen molar-refractivity contribution in [2.24, 2.45) is 16.9 Å². The summed E-state index contributed by atoms with van der Waals surface area (Å²) in [5.74, 6) is -4.82. The predicted molar refractivity (Wildman–Crippen MR) is 263 cm³/mol. The molecule has 1 aliphatic carbocycles. The highest BCUT2D eigenvalue weighted by atomic mass is 32.1. The second kappa shape index (κ2) is 17.7. The molecule has 1 spiro atoms. The molecule has 3 aliphatic heterocycles. The SMILES string of the molecule is O=C1C(CN2N=c3s/c(=C/c4ccccc4)c(=O)n3N(CC3C(=O)N(c4ccccc4)C(=S)N(c4ccccc4)C3=O)C23CCCCC3)C(=O)N(c2ccccc2)C(=S)N1c1ccccc1. The van der Waals surface area contributed by atoms with Gasteiger partial charge in [-0.1, -0.05) is 121 Å². The van der Waals surface area contributed by atoms with Crippen LogP contribution in [0.4, 0.5) is 22.7 Å². The van der Waals surface area contributed by atoms with Gasteiger partial charge in [0.1, 0.15) is 17.5 Å². The number of para-hydroxylation sites is 4. The molecule has 66 heavy (non-hydrogen) atoms. The highest BCUT2D eigenvalue weighted by Crippen LogP contribution is 2.41. The fourth-order valence-corrected chi connectivity index (χ4v) is 11.1. The number of anilines is 4. The minimum Gasteiger partial charge on any atom is -0.279 e. The van der Waals surface area contributed by atoms with E-state index in [0.717, 1.165) is 23.3 Å². The highest BCUT2D eigenvalue weighted by Gasteiger charge is 2.55. The van der Waals surface area contributed by atoms with Crippen LogP contribution in [0.3, 0.4) is 0 Å². The van der Waals surface area contributed by atoms with Crippen LogP contribution in [-0.2, 0) is 19.2 Å². The summed E-state index contributed by atoms with van der Waals surface area (Å²) < 4.78 is 1.87. The van der Waals surface area contributed by atoms with Crippen LogP contribution in [0.25, 0.3) is 6.08 Å². The van der Waals surface area contributed by atoms with Crippen molar-refractivity contribution >= 4 is 98.5 Å². The first kappa shape index (κ1) is 42.8. The number of thiocarbonyl (C=S) groups is 2. The third-order valence-electron chi connectivity index (χ3n) is 12.6. The van der Waals surface area contributed by atoms with Crippen LogP contribution in [0.2, 0.25) is 0 Å². The molecule has 1 aromatic heterocycles. The summed E-state index contributed by atoms with van der Waals surface area (Å²) in [6.45, 7) is -0.452. The molecule has 2 saturated heterocycles. The topological polar surface area (TPSA) is 122 Å². The summed E-state index contributed by atoms with van der Waals surface area (Å²) in [7, 11) is 0. The number of carbonyl (C=O) groups excluding carboxylic acids is 4. The number of hydrogen-bond donors (Lipinski definition) is 0. The maximum atomic E-state index is 15.1. The van der Waals surface area contributed by atoms with Crippen molar-refractivity contribution in [2.75, 3.05) is 37.7 Å². The van der Waals surface area contributed by atoms with E-state index in [0.29, 0.717) is 53.0 Å². The van der Waals surface area contributed by atoms with E-state index < -0.39 is 41.1 Å². The van der Waals surface area contributed by atoms with Gasteiger partial charge in [-0.15, -0.1) is 5.10 Å². The summed E-state index contributed by atoms with van der Waals surface area (Å²) in [5.41, 5.74) is 1.22. The molecular weight excluding hydrogens is 889 g/mol. The van der Waals surface area contributed by atoms with Gasteiger partial charge < -0.3 is 0 Å². The van der Waals surface area contributed by atoms with Crippen molar-refractivity contribution in [2.45, 2.75) is 37.8 Å². The molecule has 5 aromatic carbocycles. The number of hydrogen-bond acceptors (Lipinski definition) is 11. The highest BCUT2D eigenvalue weighted by molar-refractivity contribution is 7.81.